The van der Waals surface area contributed by atoms with Gasteiger partial charge in [0.2, 0.25) is 5.91 Å². The monoisotopic (exact) mass is 456 g/mol. The molecule has 0 fully saturated rings. The average molecular weight is 457 g/mol. The van der Waals surface area contributed by atoms with Crippen molar-refractivity contribution < 1.29 is 24.6 Å². The van der Waals surface area contributed by atoms with Gasteiger partial charge in [-0.1, -0.05) is 29.8 Å². The van der Waals surface area contributed by atoms with Crippen molar-refractivity contribution in [2.24, 2.45) is 0 Å². The summed E-state index contributed by atoms with van der Waals surface area (Å²) in [5, 5.41) is 24.3. The highest BCUT2D eigenvalue weighted by Crippen LogP contribution is 2.40. The molecular weight excluding hydrogens is 432 g/mol. The van der Waals surface area contributed by atoms with E-state index in [2.05, 4.69) is 32.7 Å². The quantitative estimate of drug-likeness (QED) is 0.364. The zero-order valence-electron chi connectivity index (χ0n) is 17.7. The number of benzene rings is 1. The first-order valence-corrected chi connectivity index (χ1v) is 10.9. The predicted molar refractivity (Wildman–Crippen MR) is 122 cm³/mol. The maximum Gasteiger partial charge on any atom is 0.326 e. The van der Waals surface area contributed by atoms with Crippen molar-refractivity contribution in [1.82, 2.24) is 15.3 Å². The van der Waals surface area contributed by atoms with Crippen molar-refractivity contribution in [3.8, 4) is 11.1 Å². The molecule has 168 valence electrons. The molecule has 0 aliphatic rings. The van der Waals surface area contributed by atoms with E-state index in [4.69, 9.17) is 5.11 Å². The number of fused-ring (bicyclic) bond motifs is 1. The molecule has 0 spiro atoms. The number of thiophene rings is 1. The van der Waals surface area contributed by atoms with Gasteiger partial charge in [-0.05, 0) is 25.8 Å². The number of hydrogen-bond donors (Lipinski definition) is 4. The maximum absolute atomic E-state index is 12.2. The second kappa shape index (κ2) is 10.2. The van der Waals surface area contributed by atoms with Gasteiger partial charge in [-0.3, -0.25) is 9.59 Å². The van der Waals surface area contributed by atoms with E-state index in [1.165, 1.54) is 6.33 Å². The van der Waals surface area contributed by atoms with E-state index in [9.17, 15) is 19.5 Å². The van der Waals surface area contributed by atoms with E-state index in [0.717, 1.165) is 31.8 Å². The number of aromatic nitrogens is 2. The van der Waals surface area contributed by atoms with E-state index in [0.29, 0.717) is 5.82 Å². The molecule has 0 bridgehead atoms. The van der Waals surface area contributed by atoms with Gasteiger partial charge in [-0.15, -0.1) is 11.3 Å². The molecule has 0 radical (unpaired) electrons. The van der Waals surface area contributed by atoms with E-state index >= 15 is 0 Å². The number of hydrogen-bond acceptors (Lipinski definition) is 7. The third-order valence-electron chi connectivity index (χ3n) is 4.93. The molecule has 10 heteroatoms. The third kappa shape index (κ3) is 5.58. The Morgan fingerprint density at radius 3 is 2.44 bits per heavy atom. The third-order valence-corrected chi connectivity index (χ3v) is 5.94. The van der Waals surface area contributed by atoms with Crippen LogP contribution in [0.3, 0.4) is 0 Å². The Labute approximate surface area is 188 Å². The van der Waals surface area contributed by atoms with Gasteiger partial charge >= 0.3 is 11.9 Å². The van der Waals surface area contributed by atoms with Crippen LogP contribution in [0.5, 0.6) is 0 Å². The number of aryl methyl sites for hydroxylation is 2. The van der Waals surface area contributed by atoms with Gasteiger partial charge in [0.25, 0.3) is 0 Å². The maximum atomic E-state index is 12.2. The average Bonchev–Trinajstić information content (AvgIpc) is 3.08. The number of aliphatic carboxylic acids is 2. The number of nitrogens with zero attached hydrogens (tertiary/aromatic N) is 2. The molecule has 1 atom stereocenters. The fourth-order valence-electron chi connectivity index (χ4n) is 3.33. The van der Waals surface area contributed by atoms with Gasteiger partial charge in [0, 0.05) is 29.8 Å². The van der Waals surface area contributed by atoms with Crippen molar-refractivity contribution in [3.63, 3.8) is 0 Å². The normalized spacial score (nSPS) is 11.8. The molecule has 0 saturated carbocycles. The summed E-state index contributed by atoms with van der Waals surface area (Å²) in [7, 11) is 0. The fraction of sp³-hybridized carbons (Fsp3) is 0.318. The minimum Gasteiger partial charge on any atom is -0.481 e. The lowest BCUT2D eigenvalue weighted by Gasteiger charge is -2.14. The Balaban J connectivity index is 1.71. The highest BCUT2D eigenvalue weighted by molar-refractivity contribution is 7.19. The van der Waals surface area contributed by atoms with Crippen LogP contribution < -0.4 is 10.6 Å². The summed E-state index contributed by atoms with van der Waals surface area (Å²) in [4.78, 5) is 44.8. The molecule has 1 aromatic carbocycles. The van der Waals surface area contributed by atoms with Crippen molar-refractivity contribution in [2.45, 2.75) is 39.2 Å². The van der Waals surface area contributed by atoms with Gasteiger partial charge < -0.3 is 20.8 Å². The molecule has 1 amide bonds. The number of carbonyl (C=O) groups excluding carboxylic acids is 1. The van der Waals surface area contributed by atoms with Gasteiger partial charge in [-0.25, -0.2) is 14.8 Å². The Kier molecular flexibility index (Phi) is 7.37. The molecule has 0 aliphatic heterocycles. The van der Waals surface area contributed by atoms with Crippen LogP contribution in [0, 0.1) is 13.8 Å². The van der Waals surface area contributed by atoms with Crippen LogP contribution in [-0.4, -0.2) is 50.6 Å². The number of amides is 1. The van der Waals surface area contributed by atoms with Crippen molar-refractivity contribution in [1.29, 1.82) is 0 Å². The van der Waals surface area contributed by atoms with Crippen LogP contribution in [0.15, 0.2) is 30.6 Å². The highest BCUT2D eigenvalue weighted by atomic mass is 32.1. The summed E-state index contributed by atoms with van der Waals surface area (Å²) >= 11 is 1.57. The first-order chi connectivity index (χ1) is 15.3. The fourth-order valence-corrected chi connectivity index (χ4v) is 4.34. The molecule has 0 aliphatic carbocycles. The van der Waals surface area contributed by atoms with E-state index in [1.54, 1.807) is 11.3 Å². The van der Waals surface area contributed by atoms with Crippen LogP contribution in [0.25, 0.3) is 21.3 Å². The molecule has 2 heterocycles. The smallest absolute Gasteiger partial charge is 0.326 e. The summed E-state index contributed by atoms with van der Waals surface area (Å²) < 4.78 is 0. The topological polar surface area (TPSA) is 142 Å². The molecule has 32 heavy (non-hydrogen) atoms. The SMILES string of the molecule is Cc1ccc(-c2c(C)sc3ncnc(NCCC(=O)NC(CCC(=O)O)C(=O)O)c23)cc1. The van der Waals surface area contributed by atoms with Crippen LogP contribution in [0.1, 0.15) is 29.7 Å². The molecule has 4 N–H and O–H groups in total. The Hall–Kier alpha value is -3.53. The van der Waals surface area contributed by atoms with Gasteiger partial charge in [-0.2, -0.15) is 0 Å². The number of nitrogens with one attached hydrogen (secondary N) is 2. The van der Waals surface area contributed by atoms with Gasteiger partial charge in [0.1, 0.15) is 23.0 Å². The highest BCUT2D eigenvalue weighted by Gasteiger charge is 2.21. The van der Waals surface area contributed by atoms with E-state index in [1.807, 2.05) is 26.0 Å². The number of rotatable bonds is 10. The summed E-state index contributed by atoms with van der Waals surface area (Å²) in [5.41, 5.74) is 3.25. The molecule has 3 aromatic rings. The van der Waals surface area contributed by atoms with E-state index < -0.39 is 23.9 Å². The molecule has 1 unspecified atom stereocenters. The number of carboxylic acid groups (broad SMARTS) is 2. The zero-order valence-corrected chi connectivity index (χ0v) is 18.5. The lowest BCUT2D eigenvalue weighted by molar-refractivity contribution is -0.143. The summed E-state index contributed by atoms with van der Waals surface area (Å²) in [6.07, 6.45) is 0.954. The lowest BCUT2D eigenvalue weighted by atomic mass is 10.0. The lowest BCUT2D eigenvalue weighted by Crippen LogP contribution is -2.41. The molecular formula is C22H24N4O5S. The Bertz CT molecular complexity index is 1140. The van der Waals surface area contributed by atoms with Crippen LogP contribution in [0.2, 0.25) is 0 Å². The van der Waals surface area contributed by atoms with Crippen LogP contribution in [0.4, 0.5) is 5.82 Å². The first-order valence-electron chi connectivity index (χ1n) is 10.0. The second-order valence-electron chi connectivity index (χ2n) is 7.37. The minimum absolute atomic E-state index is 0.00529. The minimum atomic E-state index is -1.26. The number of carboxylic acids is 2. The second-order valence-corrected chi connectivity index (χ2v) is 8.57. The van der Waals surface area contributed by atoms with Gasteiger partial charge in [0.05, 0.1) is 5.39 Å². The van der Waals surface area contributed by atoms with Crippen molar-refractivity contribution >= 4 is 45.2 Å². The summed E-state index contributed by atoms with van der Waals surface area (Å²) in [6.45, 7) is 4.29. The standard InChI is InChI=1S/C22H24N4O5S/c1-12-3-5-14(6-4-12)18-13(2)32-21-19(18)20(24-11-25-21)23-10-9-16(27)26-15(22(30)31)7-8-17(28)29/h3-6,11,15H,7-10H2,1-2H3,(H,26,27)(H,28,29)(H,30,31)(H,23,24,25). The Morgan fingerprint density at radius 1 is 1.06 bits per heavy atom. The number of carbonyl (C=O) groups is 3. The zero-order chi connectivity index (χ0) is 23.3. The largest absolute Gasteiger partial charge is 0.481 e. The first kappa shape index (κ1) is 23.1. The molecule has 9 nitrogen and oxygen atoms in total. The predicted octanol–water partition coefficient (Wildman–Crippen LogP) is 3.21. The van der Waals surface area contributed by atoms with Crippen molar-refractivity contribution in [3.05, 3.63) is 41.0 Å². The van der Waals surface area contributed by atoms with Crippen LogP contribution in [-0.2, 0) is 14.4 Å². The van der Waals surface area contributed by atoms with Crippen LogP contribution >= 0.6 is 11.3 Å². The Morgan fingerprint density at radius 2 is 1.78 bits per heavy atom. The summed E-state index contributed by atoms with van der Waals surface area (Å²) in [6, 6.07) is 6.96. The number of anilines is 1. The molecule has 0 saturated heterocycles. The van der Waals surface area contributed by atoms with Gasteiger partial charge in [0.15, 0.2) is 0 Å². The molecule has 2 aromatic heterocycles. The van der Waals surface area contributed by atoms with Crippen molar-refractivity contribution in [2.75, 3.05) is 11.9 Å². The summed E-state index contributed by atoms with van der Waals surface area (Å²) in [5.74, 6) is -2.26. The van der Waals surface area contributed by atoms with E-state index in [-0.39, 0.29) is 25.8 Å². The molecule has 3 rings (SSSR count).